The van der Waals surface area contributed by atoms with Gasteiger partial charge in [-0.3, -0.25) is 0 Å². The zero-order chi connectivity index (χ0) is 18.1. The molecular formula is C25H41N2+. The van der Waals surface area contributed by atoms with E-state index in [-0.39, 0.29) is 0 Å². The molecule has 0 saturated heterocycles. The van der Waals surface area contributed by atoms with Crippen molar-refractivity contribution >= 4 is 0 Å². The van der Waals surface area contributed by atoms with Crippen molar-refractivity contribution in [3.05, 3.63) is 18.7 Å². The van der Waals surface area contributed by atoms with Crippen LogP contribution in [0, 0.1) is 17.8 Å². The molecule has 2 heteroatoms. The average molecular weight is 370 g/mol. The molecule has 0 spiro atoms. The molecule has 5 fully saturated rings. The van der Waals surface area contributed by atoms with Crippen molar-refractivity contribution in [3.63, 3.8) is 0 Å². The molecule has 5 aliphatic rings. The number of imidazole rings is 1. The fourth-order valence-corrected chi connectivity index (χ4v) is 7.69. The lowest BCUT2D eigenvalue weighted by molar-refractivity contribution is -0.724. The summed E-state index contributed by atoms with van der Waals surface area (Å²) in [4.78, 5) is 0. The molecule has 0 amide bonds. The van der Waals surface area contributed by atoms with Crippen LogP contribution in [0.5, 0.6) is 0 Å². The van der Waals surface area contributed by atoms with E-state index < -0.39 is 0 Å². The first-order valence-corrected chi connectivity index (χ1v) is 12.4. The minimum absolute atomic E-state index is 0.491. The van der Waals surface area contributed by atoms with Crippen LogP contribution in [0.4, 0.5) is 0 Å². The van der Waals surface area contributed by atoms with Crippen molar-refractivity contribution in [3.8, 4) is 0 Å². The van der Waals surface area contributed by atoms with Crippen molar-refractivity contribution in [1.82, 2.24) is 4.57 Å². The molecule has 0 aromatic carbocycles. The highest BCUT2D eigenvalue weighted by molar-refractivity contribution is 5.05. The fourth-order valence-electron chi connectivity index (χ4n) is 7.69. The Labute approximate surface area is 166 Å². The van der Waals surface area contributed by atoms with Crippen LogP contribution in [0.3, 0.4) is 0 Å². The minimum atomic E-state index is 0.491. The van der Waals surface area contributed by atoms with Crippen molar-refractivity contribution in [2.45, 2.75) is 121 Å². The maximum atomic E-state index is 2.70. The van der Waals surface area contributed by atoms with Crippen LogP contribution in [0.2, 0.25) is 0 Å². The molecule has 0 aliphatic heterocycles. The Morgan fingerprint density at radius 2 is 1.15 bits per heavy atom. The molecule has 4 bridgehead atoms. The summed E-state index contributed by atoms with van der Waals surface area (Å²) in [6.07, 6.45) is 32.4. The highest BCUT2D eigenvalue weighted by atomic mass is 15.2. The molecule has 1 aromatic heterocycles. The molecule has 0 atom stereocenters. The van der Waals surface area contributed by atoms with Gasteiger partial charge in [0.15, 0.2) is 0 Å². The van der Waals surface area contributed by atoms with Gasteiger partial charge in [0.1, 0.15) is 24.0 Å². The van der Waals surface area contributed by atoms with E-state index in [2.05, 4.69) is 27.9 Å². The Morgan fingerprint density at radius 1 is 0.667 bits per heavy atom. The van der Waals surface area contributed by atoms with Crippen LogP contribution in [-0.4, -0.2) is 4.57 Å². The maximum absolute atomic E-state index is 2.70. The van der Waals surface area contributed by atoms with Crippen LogP contribution in [0.25, 0.3) is 0 Å². The zero-order valence-corrected chi connectivity index (χ0v) is 17.5. The van der Waals surface area contributed by atoms with Crippen LogP contribution in [0.15, 0.2) is 18.7 Å². The summed E-state index contributed by atoms with van der Waals surface area (Å²) in [5, 5.41) is 0. The molecule has 5 aliphatic carbocycles. The molecule has 1 aromatic rings. The monoisotopic (exact) mass is 369 g/mol. The van der Waals surface area contributed by atoms with Gasteiger partial charge in [0, 0.05) is 0 Å². The van der Waals surface area contributed by atoms with Gasteiger partial charge in [-0.2, -0.15) is 0 Å². The molecule has 6 rings (SSSR count). The van der Waals surface area contributed by atoms with Crippen molar-refractivity contribution in [2.75, 3.05) is 0 Å². The molecule has 0 unspecified atom stereocenters. The quantitative estimate of drug-likeness (QED) is 0.523. The lowest BCUT2D eigenvalue weighted by Crippen LogP contribution is -2.52. The van der Waals surface area contributed by atoms with Gasteiger partial charge in [-0.05, 0) is 82.0 Å². The normalized spacial score (nSPS) is 38.4. The topological polar surface area (TPSA) is 8.81 Å². The van der Waals surface area contributed by atoms with E-state index in [1.165, 1.54) is 89.9 Å². The Morgan fingerprint density at radius 3 is 1.67 bits per heavy atom. The Kier molecular flexibility index (Phi) is 5.35. The van der Waals surface area contributed by atoms with Gasteiger partial charge in [0.25, 0.3) is 0 Å². The van der Waals surface area contributed by atoms with E-state index in [9.17, 15) is 0 Å². The van der Waals surface area contributed by atoms with E-state index in [0.29, 0.717) is 5.54 Å². The van der Waals surface area contributed by atoms with E-state index in [0.717, 1.165) is 23.8 Å². The molecular weight excluding hydrogens is 328 g/mol. The van der Waals surface area contributed by atoms with Crippen molar-refractivity contribution in [1.29, 1.82) is 0 Å². The smallest absolute Gasteiger partial charge is 0.234 e. The number of nitrogens with zero attached hydrogens (tertiary/aromatic N) is 2. The molecule has 1 heterocycles. The third-order valence-corrected chi connectivity index (χ3v) is 8.71. The summed E-state index contributed by atoms with van der Waals surface area (Å²) in [5.74, 6) is 3.11. The van der Waals surface area contributed by atoms with Crippen LogP contribution in [0.1, 0.15) is 115 Å². The van der Waals surface area contributed by atoms with Gasteiger partial charge in [-0.25, -0.2) is 9.13 Å². The summed E-state index contributed by atoms with van der Waals surface area (Å²) in [7, 11) is 0. The van der Waals surface area contributed by atoms with Crippen LogP contribution >= 0.6 is 0 Å². The zero-order valence-electron chi connectivity index (χ0n) is 17.5. The van der Waals surface area contributed by atoms with Crippen molar-refractivity contribution in [2.24, 2.45) is 17.8 Å². The van der Waals surface area contributed by atoms with Gasteiger partial charge < -0.3 is 0 Å². The van der Waals surface area contributed by atoms with E-state index in [1.807, 2.05) is 0 Å². The summed E-state index contributed by atoms with van der Waals surface area (Å²) in [5.41, 5.74) is 0.491. The highest BCUT2D eigenvalue weighted by Crippen LogP contribution is 2.58. The standard InChI is InChI=1S/C25H41N2/c1-2-4-6-8-10-24(11-9-7-5-3-1)26-12-13-27(20-26)25-17-21-14-22(18-25)16-23(15-21)19-25/h12-13,20-24H,1-11,14-19H2/q+1. The molecule has 2 nitrogen and oxygen atoms in total. The number of hydrogen-bond acceptors (Lipinski definition) is 0. The maximum Gasteiger partial charge on any atom is 0.244 e. The number of hydrogen-bond donors (Lipinski definition) is 0. The first-order chi connectivity index (χ1) is 13.3. The Bertz CT molecular complexity index is 568. The van der Waals surface area contributed by atoms with Crippen molar-refractivity contribution < 1.29 is 4.57 Å². The summed E-state index contributed by atoms with van der Waals surface area (Å²) < 4.78 is 5.33. The third-order valence-electron chi connectivity index (χ3n) is 8.71. The fraction of sp³-hybridized carbons (Fsp3) is 0.880. The van der Waals surface area contributed by atoms with Crippen LogP contribution in [-0.2, 0) is 5.54 Å². The molecule has 0 N–H and O–H groups in total. The third kappa shape index (κ3) is 3.87. The largest absolute Gasteiger partial charge is 0.244 e. The van der Waals surface area contributed by atoms with E-state index in [1.54, 1.807) is 19.3 Å². The van der Waals surface area contributed by atoms with Gasteiger partial charge >= 0.3 is 0 Å². The average Bonchev–Trinajstić information content (AvgIpc) is 3.12. The van der Waals surface area contributed by atoms with E-state index >= 15 is 0 Å². The first-order valence-electron chi connectivity index (χ1n) is 12.4. The van der Waals surface area contributed by atoms with Gasteiger partial charge in [0.2, 0.25) is 6.33 Å². The lowest BCUT2D eigenvalue weighted by Gasteiger charge is -2.54. The van der Waals surface area contributed by atoms with Gasteiger partial charge in [-0.15, -0.1) is 0 Å². The van der Waals surface area contributed by atoms with Gasteiger partial charge in [-0.1, -0.05) is 44.9 Å². The minimum Gasteiger partial charge on any atom is -0.234 e. The molecule has 5 saturated carbocycles. The highest BCUT2D eigenvalue weighted by Gasteiger charge is 2.54. The Hall–Kier alpha value is -0.790. The number of rotatable bonds is 2. The predicted molar refractivity (Wildman–Crippen MR) is 111 cm³/mol. The first kappa shape index (κ1) is 18.3. The number of aromatic nitrogens is 2. The second-order valence-corrected chi connectivity index (χ2v) is 10.8. The van der Waals surface area contributed by atoms with E-state index in [4.69, 9.17) is 0 Å². The molecule has 150 valence electrons. The SMILES string of the molecule is c1c[n+](C2CCCCCCCCCCC2)cn1C12CC3CC(CC(C3)C1)C2. The second kappa shape index (κ2) is 7.91. The molecule has 0 radical (unpaired) electrons. The summed E-state index contributed by atoms with van der Waals surface area (Å²) in [6, 6.07) is 0.750. The lowest BCUT2D eigenvalue weighted by atomic mass is 9.53. The van der Waals surface area contributed by atoms with Gasteiger partial charge in [0.05, 0.1) is 0 Å². The second-order valence-electron chi connectivity index (χ2n) is 10.8. The summed E-state index contributed by atoms with van der Waals surface area (Å²) >= 11 is 0. The Balaban J connectivity index is 1.30. The predicted octanol–water partition coefficient (Wildman–Crippen LogP) is 6.55. The van der Waals surface area contributed by atoms with Crippen LogP contribution < -0.4 is 4.57 Å². The molecule has 27 heavy (non-hydrogen) atoms. The summed E-state index contributed by atoms with van der Waals surface area (Å²) in [6.45, 7) is 0.